The standard InChI is InChI=1S/C26H25NP2/c1-26(27,28(22-14-6-2-7-15-22)23-16-8-3-9-17-23)29(24-18-10-4-11-19-24)25-20-12-5-13-21-25/h2-21H,27H2,1H3. The summed E-state index contributed by atoms with van der Waals surface area (Å²) in [5.74, 6) is 0. The van der Waals surface area contributed by atoms with E-state index in [9.17, 15) is 0 Å². The highest BCUT2D eigenvalue weighted by atomic mass is 31.2. The van der Waals surface area contributed by atoms with E-state index in [4.69, 9.17) is 5.73 Å². The summed E-state index contributed by atoms with van der Waals surface area (Å²) in [4.78, 5) is 0. The van der Waals surface area contributed by atoms with Crippen molar-refractivity contribution in [1.82, 2.24) is 0 Å². The Morgan fingerprint density at radius 3 is 0.862 bits per heavy atom. The topological polar surface area (TPSA) is 26.0 Å². The molecule has 4 rings (SSSR count). The maximum absolute atomic E-state index is 7.39. The second kappa shape index (κ2) is 9.02. The molecule has 4 aromatic rings. The molecule has 3 heteroatoms. The van der Waals surface area contributed by atoms with Gasteiger partial charge in [-0.2, -0.15) is 0 Å². The second-order valence-electron chi connectivity index (χ2n) is 7.11. The SMILES string of the molecule is CC(N)(P(c1ccccc1)c1ccccc1)P(c1ccccc1)c1ccccc1. The molecule has 0 fully saturated rings. The van der Waals surface area contributed by atoms with Crippen LogP contribution in [0.3, 0.4) is 0 Å². The number of hydrogen-bond acceptors (Lipinski definition) is 1. The first kappa shape index (κ1) is 20.0. The van der Waals surface area contributed by atoms with E-state index < -0.39 is 20.9 Å². The molecule has 0 saturated carbocycles. The molecule has 0 atom stereocenters. The van der Waals surface area contributed by atoms with E-state index in [2.05, 4.69) is 128 Å². The summed E-state index contributed by atoms with van der Waals surface area (Å²) in [6.45, 7) is 2.25. The third kappa shape index (κ3) is 4.34. The van der Waals surface area contributed by atoms with Crippen LogP contribution < -0.4 is 27.0 Å². The molecule has 4 aromatic carbocycles. The molecular weight excluding hydrogens is 388 g/mol. The van der Waals surface area contributed by atoms with Crippen molar-refractivity contribution in [2.75, 3.05) is 0 Å². The molecular formula is C26H25NP2. The Kier molecular flexibility index (Phi) is 6.22. The number of rotatable bonds is 6. The molecule has 2 N–H and O–H groups in total. The summed E-state index contributed by atoms with van der Waals surface area (Å²) >= 11 is 0. The highest BCUT2D eigenvalue weighted by Gasteiger charge is 2.41. The van der Waals surface area contributed by atoms with Crippen molar-refractivity contribution in [1.29, 1.82) is 0 Å². The van der Waals surface area contributed by atoms with Gasteiger partial charge in [-0.25, -0.2) is 0 Å². The van der Waals surface area contributed by atoms with Gasteiger partial charge in [0, 0.05) is 0 Å². The Hall–Kier alpha value is -2.30. The Morgan fingerprint density at radius 1 is 0.448 bits per heavy atom. The molecule has 0 aliphatic carbocycles. The van der Waals surface area contributed by atoms with Crippen molar-refractivity contribution in [3.63, 3.8) is 0 Å². The summed E-state index contributed by atoms with van der Waals surface area (Å²) in [5.41, 5.74) is 7.39. The van der Waals surface area contributed by atoms with Crippen LogP contribution in [-0.2, 0) is 0 Å². The summed E-state index contributed by atoms with van der Waals surface area (Å²) in [6.07, 6.45) is 0. The van der Waals surface area contributed by atoms with Crippen LogP contribution in [0.15, 0.2) is 121 Å². The molecule has 0 saturated heterocycles. The lowest BCUT2D eigenvalue weighted by atomic mass is 10.4. The van der Waals surface area contributed by atoms with E-state index in [1.54, 1.807) is 0 Å². The quantitative estimate of drug-likeness (QED) is 0.448. The Bertz CT molecular complexity index is 855. The van der Waals surface area contributed by atoms with Crippen molar-refractivity contribution in [3.8, 4) is 0 Å². The summed E-state index contributed by atoms with van der Waals surface area (Å²) in [6, 6.07) is 43.1. The largest absolute Gasteiger partial charge is 0.317 e. The molecule has 0 bridgehead atoms. The minimum atomic E-state index is -0.774. The fourth-order valence-electron chi connectivity index (χ4n) is 3.75. The van der Waals surface area contributed by atoms with E-state index in [1.807, 2.05) is 0 Å². The Morgan fingerprint density at radius 2 is 0.655 bits per heavy atom. The second-order valence-corrected chi connectivity index (χ2v) is 12.7. The van der Waals surface area contributed by atoms with Crippen molar-refractivity contribution in [2.24, 2.45) is 5.73 Å². The van der Waals surface area contributed by atoms with Crippen molar-refractivity contribution in [2.45, 2.75) is 11.9 Å². The third-order valence-electron chi connectivity index (χ3n) is 4.96. The van der Waals surface area contributed by atoms with Crippen LogP contribution in [0.1, 0.15) is 6.92 Å². The van der Waals surface area contributed by atoms with Gasteiger partial charge in [0.25, 0.3) is 0 Å². The van der Waals surface area contributed by atoms with E-state index in [0.717, 1.165) is 0 Å². The van der Waals surface area contributed by atoms with Crippen molar-refractivity contribution < 1.29 is 0 Å². The van der Waals surface area contributed by atoms with Crippen molar-refractivity contribution in [3.05, 3.63) is 121 Å². The smallest absolute Gasteiger partial charge is 0.0690 e. The first-order chi connectivity index (χ1) is 14.2. The minimum Gasteiger partial charge on any atom is -0.317 e. The molecule has 1 nitrogen and oxygen atoms in total. The first-order valence-electron chi connectivity index (χ1n) is 9.77. The zero-order chi connectivity index (χ0) is 20.1. The van der Waals surface area contributed by atoms with Gasteiger partial charge < -0.3 is 5.73 Å². The van der Waals surface area contributed by atoms with Gasteiger partial charge in [0.05, 0.1) is 5.02 Å². The lowest BCUT2D eigenvalue weighted by Crippen LogP contribution is -2.43. The predicted molar refractivity (Wildman–Crippen MR) is 131 cm³/mol. The average molecular weight is 413 g/mol. The molecule has 0 spiro atoms. The minimum absolute atomic E-state index is 0.421. The molecule has 0 aliphatic heterocycles. The first-order valence-corrected chi connectivity index (χ1v) is 12.5. The molecule has 0 amide bonds. The normalized spacial score (nSPS) is 11.7. The predicted octanol–water partition coefficient (Wildman–Crippen LogP) is 4.88. The van der Waals surface area contributed by atoms with E-state index >= 15 is 0 Å². The van der Waals surface area contributed by atoms with Gasteiger partial charge in [0.15, 0.2) is 0 Å². The highest BCUT2D eigenvalue weighted by molar-refractivity contribution is 7.90. The number of hydrogen-bond donors (Lipinski definition) is 1. The average Bonchev–Trinajstić information content (AvgIpc) is 2.77. The molecule has 29 heavy (non-hydrogen) atoms. The zero-order valence-electron chi connectivity index (χ0n) is 16.5. The van der Waals surface area contributed by atoms with Gasteiger partial charge in [0.2, 0.25) is 0 Å². The van der Waals surface area contributed by atoms with Crippen LogP contribution in [0.5, 0.6) is 0 Å². The summed E-state index contributed by atoms with van der Waals surface area (Å²) in [5, 5.41) is 4.85. The van der Waals surface area contributed by atoms with Crippen LogP contribution in [0.2, 0.25) is 0 Å². The molecule has 0 radical (unpaired) electrons. The molecule has 144 valence electrons. The van der Waals surface area contributed by atoms with Crippen LogP contribution >= 0.6 is 15.8 Å². The molecule has 0 aliphatic rings. The molecule has 0 unspecified atom stereocenters. The highest BCUT2D eigenvalue weighted by Crippen LogP contribution is 2.61. The van der Waals surface area contributed by atoms with Crippen LogP contribution in [0.25, 0.3) is 0 Å². The Labute approximate surface area is 176 Å². The fourth-order valence-corrected chi connectivity index (χ4v) is 10.5. The summed E-state index contributed by atoms with van der Waals surface area (Å²) in [7, 11) is -1.55. The lowest BCUT2D eigenvalue weighted by molar-refractivity contribution is 0.945. The van der Waals surface area contributed by atoms with Crippen LogP contribution in [0.4, 0.5) is 0 Å². The van der Waals surface area contributed by atoms with Crippen LogP contribution in [0, 0.1) is 0 Å². The molecule has 0 heterocycles. The number of benzene rings is 4. The van der Waals surface area contributed by atoms with E-state index in [1.165, 1.54) is 21.2 Å². The van der Waals surface area contributed by atoms with Gasteiger partial charge in [-0.1, -0.05) is 121 Å². The molecule has 0 aromatic heterocycles. The zero-order valence-corrected chi connectivity index (χ0v) is 18.3. The third-order valence-corrected chi connectivity index (χ3v) is 11.2. The Balaban J connectivity index is 1.91. The maximum Gasteiger partial charge on any atom is 0.0690 e. The fraction of sp³-hybridized carbons (Fsp3) is 0.0769. The van der Waals surface area contributed by atoms with Gasteiger partial charge in [-0.15, -0.1) is 0 Å². The number of nitrogens with two attached hydrogens (primary N) is 1. The van der Waals surface area contributed by atoms with E-state index in [0.29, 0.717) is 0 Å². The van der Waals surface area contributed by atoms with Crippen LogP contribution in [-0.4, -0.2) is 5.02 Å². The lowest BCUT2D eigenvalue weighted by Gasteiger charge is -2.42. The monoisotopic (exact) mass is 413 g/mol. The summed E-state index contributed by atoms with van der Waals surface area (Å²) < 4.78 is 0. The van der Waals surface area contributed by atoms with Gasteiger partial charge in [-0.05, 0) is 44.0 Å². The van der Waals surface area contributed by atoms with Gasteiger partial charge >= 0.3 is 0 Å². The maximum atomic E-state index is 7.39. The van der Waals surface area contributed by atoms with Crippen molar-refractivity contribution >= 4 is 37.1 Å². The van der Waals surface area contributed by atoms with Gasteiger partial charge in [-0.3, -0.25) is 0 Å². The van der Waals surface area contributed by atoms with E-state index in [-0.39, 0.29) is 0 Å². The van der Waals surface area contributed by atoms with Gasteiger partial charge in [0.1, 0.15) is 0 Å².